The summed E-state index contributed by atoms with van der Waals surface area (Å²) in [5, 5.41) is 0. The number of hydrogen-bond donors (Lipinski definition) is 0. The van der Waals surface area contributed by atoms with Crippen LogP contribution in [0, 0.1) is 0 Å². The highest BCUT2D eigenvalue weighted by Gasteiger charge is 2.29. The Morgan fingerprint density at radius 2 is 0.481 bits per heavy atom. The van der Waals surface area contributed by atoms with Crippen LogP contribution in [0.2, 0.25) is 0 Å². The Kier molecular flexibility index (Phi) is 16.8. The first kappa shape index (κ1) is 43.2. The first-order chi connectivity index (χ1) is 26.4. The molecule has 3 aliphatic heterocycles. The molecule has 54 heavy (non-hydrogen) atoms. The van der Waals surface area contributed by atoms with Gasteiger partial charge in [0, 0.05) is 0 Å². The fourth-order valence-corrected chi connectivity index (χ4v) is 24.1. The van der Waals surface area contributed by atoms with Gasteiger partial charge in [-0.2, -0.15) is 0 Å². The molecule has 0 unspecified atom stereocenters. The summed E-state index contributed by atoms with van der Waals surface area (Å²) in [6.45, 7) is 13.8. The van der Waals surface area contributed by atoms with E-state index in [9.17, 15) is 0 Å². The molecule has 0 saturated carbocycles. The topological polar surface area (TPSA) is 0 Å². The van der Waals surface area contributed by atoms with Crippen molar-refractivity contribution in [2.24, 2.45) is 0 Å². The van der Waals surface area contributed by atoms with Crippen molar-refractivity contribution in [3.05, 3.63) is 125 Å². The molecule has 3 aliphatic carbocycles. The van der Waals surface area contributed by atoms with Gasteiger partial charge in [-0.15, -0.1) is 70.6 Å². The van der Waals surface area contributed by atoms with Gasteiger partial charge < -0.3 is 0 Å². The Balaban J connectivity index is 1.36. The van der Waals surface area contributed by atoms with Crippen LogP contribution < -0.4 is 0 Å². The zero-order chi connectivity index (χ0) is 37.6. The summed E-state index contributed by atoms with van der Waals surface area (Å²) in [6.07, 6.45) is 6.09. The van der Waals surface area contributed by atoms with Gasteiger partial charge in [0.2, 0.25) is 0 Å². The summed E-state index contributed by atoms with van der Waals surface area (Å²) < 4.78 is 13.7. The van der Waals surface area contributed by atoms with E-state index in [1.807, 2.05) is 70.6 Å². The van der Waals surface area contributed by atoms with Gasteiger partial charge in [0.1, 0.15) is 0 Å². The molecule has 0 aromatic heterocycles. The Morgan fingerprint density at radius 1 is 0.315 bits per heavy atom. The fourth-order valence-electron chi connectivity index (χ4n) is 6.96. The molecule has 2 aromatic carbocycles. The predicted octanol–water partition coefficient (Wildman–Crippen LogP) is 16.6. The molecule has 3 heterocycles. The number of allylic oxidation sites excluding steroid dienone is 3. The monoisotopic (exact) mass is 936 g/mol. The average molecular weight is 938 g/mol. The molecule has 0 radical (unpaired) electrons. The lowest BCUT2D eigenvalue weighted by atomic mass is 9.86. The zero-order valence-electron chi connectivity index (χ0n) is 31.8. The molecule has 0 amide bonds. The van der Waals surface area contributed by atoms with Gasteiger partial charge in [-0.3, -0.25) is 0 Å². The van der Waals surface area contributed by atoms with Crippen molar-refractivity contribution in [1.29, 1.82) is 0 Å². The van der Waals surface area contributed by atoms with Gasteiger partial charge in [-0.1, -0.05) is 149 Å². The van der Waals surface area contributed by atoms with Crippen LogP contribution in [-0.4, -0.2) is 34.5 Å². The molecule has 0 atom stereocenters. The van der Waals surface area contributed by atoms with E-state index in [4.69, 9.17) is 0 Å². The Morgan fingerprint density at radius 3 is 0.630 bits per heavy atom. The molecule has 8 rings (SSSR count). The van der Waals surface area contributed by atoms with E-state index < -0.39 is 0 Å². The molecule has 6 aliphatic rings. The molecule has 0 N–H and O–H groups in total. The van der Waals surface area contributed by atoms with Gasteiger partial charge in [0.05, 0.1) is 38.1 Å². The Labute approximate surface area is 376 Å². The van der Waals surface area contributed by atoms with E-state index in [1.54, 1.807) is 16.7 Å². The maximum Gasteiger partial charge on any atom is 0.0659 e. The Bertz CT molecular complexity index is 1570. The minimum Gasteiger partial charge on any atom is -0.118 e. The van der Waals surface area contributed by atoms with Gasteiger partial charge >= 0.3 is 0 Å². The molecule has 0 spiro atoms. The summed E-state index contributed by atoms with van der Waals surface area (Å²) in [6, 6.07) is 15.5. The van der Waals surface area contributed by atoms with Crippen LogP contribution in [0.1, 0.15) is 74.9 Å². The minimum absolute atomic E-state index is 1.01. The van der Waals surface area contributed by atoms with Crippen LogP contribution in [0.5, 0.6) is 0 Å². The van der Waals surface area contributed by atoms with Crippen LogP contribution >= 0.6 is 141 Å². The van der Waals surface area contributed by atoms with E-state index in [0.29, 0.717) is 0 Å². The highest BCUT2D eigenvalue weighted by molar-refractivity contribution is 8.42. The van der Waals surface area contributed by atoms with E-state index in [0.717, 1.165) is 73.0 Å². The van der Waals surface area contributed by atoms with Crippen molar-refractivity contribution in [2.45, 2.75) is 80.1 Å². The predicted molar refractivity (Wildman–Crippen MR) is 272 cm³/mol. The molecular weight excluding hydrogens is 889 g/mol. The summed E-state index contributed by atoms with van der Waals surface area (Å²) in [5.41, 5.74) is 13.7. The number of hydrogen-bond acceptors (Lipinski definition) is 12. The van der Waals surface area contributed by atoms with E-state index in [-0.39, 0.29) is 0 Å². The van der Waals surface area contributed by atoms with E-state index in [2.05, 4.69) is 149 Å². The quantitative estimate of drug-likeness (QED) is 0.199. The average Bonchev–Trinajstić information content (AvgIpc) is 3.85. The number of thioether (sulfide) groups is 12. The maximum absolute atomic E-state index is 2.58. The summed E-state index contributed by atoms with van der Waals surface area (Å²) in [4.78, 5) is 0. The third-order valence-corrected chi connectivity index (χ3v) is 25.2. The molecule has 0 nitrogen and oxygen atoms in total. The third kappa shape index (κ3) is 10.9. The normalized spacial score (nSPS) is 19.2. The molecule has 0 fully saturated rings. The fraction of sp³-hybridized carbons (Fsp3) is 0.429. The SMILES string of the molecule is CCSC1=C(SCC)SC(=C2Cc3cc4cc(c3)CC(=C3SC(SCC)=C(SCC)S3)Cc3cc(cc(c3)CC(=C3SC(SCC)=C(SCC)S3)C4)C2)S1. The van der Waals surface area contributed by atoms with Crippen LogP contribution in [0.15, 0.2) is 91.3 Å². The highest BCUT2D eigenvalue weighted by atomic mass is 32.3. The van der Waals surface area contributed by atoms with Crippen molar-refractivity contribution in [2.75, 3.05) is 34.5 Å². The standard InChI is InChI=1S/C42H48S12/c1-7-43-37-38(44-8-2)50-34(49-37)31-19-25-13-27-17-29(15-25)23-33(36-53-41(47-11-5)42(54-36)48-12-6)24-30-16-26(20-31)14-28(18-30)22-32(21-27)35-51-39(45-9-3)40(52-35)46-10-4/h13-18H,7-12,19-24H2,1-6H3. The number of rotatable bonds is 12. The van der Waals surface area contributed by atoms with Crippen molar-refractivity contribution in [3.63, 3.8) is 0 Å². The van der Waals surface area contributed by atoms with Crippen molar-refractivity contribution in [1.82, 2.24) is 0 Å². The molecule has 12 heteroatoms. The summed E-state index contributed by atoms with van der Waals surface area (Å²) >= 11 is 24.5. The second-order valence-electron chi connectivity index (χ2n) is 13.0. The third-order valence-electron chi connectivity index (χ3n) is 8.86. The van der Waals surface area contributed by atoms with Crippen molar-refractivity contribution in [3.8, 4) is 0 Å². The second kappa shape index (κ2) is 21.0. The number of fused-ring (bicyclic) bond motifs is 6. The van der Waals surface area contributed by atoms with E-state index >= 15 is 0 Å². The van der Waals surface area contributed by atoms with Gasteiger partial charge in [0.15, 0.2) is 0 Å². The van der Waals surface area contributed by atoms with Crippen LogP contribution in [-0.2, 0) is 38.5 Å². The number of benzene rings is 2. The zero-order valence-corrected chi connectivity index (χ0v) is 41.6. The van der Waals surface area contributed by atoms with Crippen LogP contribution in [0.3, 0.4) is 0 Å². The molecular formula is C42H48S12. The second-order valence-corrected chi connectivity index (χ2v) is 29.1. The van der Waals surface area contributed by atoms with Gasteiger partial charge in [-0.25, -0.2) is 0 Å². The van der Waals surface area contributed by atoms with Crippen molar-refractivity contribution < 1.29 is 0 Å². The lowest BCUT2D eigenvalue weighted by Gasteiger charge is -2.22. The first-order valence-corrected chi connectivity index (χ1v) is 29.7. The Hall–Kier alpha value is 1.08. The van der Waals surface area contributed by atoms with Gasteiger partial charge in [-0.05, 0) is 123 Å². The molecule has 6 bridgehead atoms. The lowest BCUT2D eigenvalue weighted by Crippen LogP contribution is -2.08. The van der Waals surface area contributed by atoms with Crippen LogP contribution in [0.4, 0.5) is 0 Å². The highest BCUT2D eigenvalue weighted by Crippen LogP contribution is 2.61. The minimum atomic E-state index is 1.01. The first-order valence-electron chi connectivity index (χ1n) is 18.9. The van der Waals surface area contributed by atoms with E-state index in [1.165, 1.54) is 71.5 Å². The molecule has 2 aromatic rings. The largest absolute Gasteiger partial charge is 0.118 e. The molecule has 288 valence electrons. The van der Waals surface area contributed by atoms with Crippen molar-refractivity contribution >= 4 is 141 Å². The summed E-state index contributed by atoms with van der Waals surface area (Å²) in [7, 11) is 0. The summed E-state index contributed by atoms with van der Waals surface area (Å²) in [5.74, 6) is 6.74. The van der Waals surface area contributed by atoms with Crippen LogP contribution in [0.25, 0.3) is 0 Å². The maximum atomic E-state index is 2.58. The lowest BCUT2D eigenvalue weighted by molar-refractivity contribution is 0.948. The smallest absolute Gasteiger partial charge is 0.0659 e. The molecule has 0 saturated heterocycles. The van der Waals surface area contributed by atoms with Gasteiger partial charge in [0.25, 0.3) is 0 Å².